The van der Waals surface area contributed by atoms with Gasteiger partial charge in [0.25, 0.3) is 0 Å². The van der Waals surface area contributed by atoms with Gasteiger partial charge >= 0.3 is 0 Å². The molecule has 0 saturated carbocycles. The van der Waals surface area contributed by atoms with Gasteiger partial charge in [0, 0.05) is 0 Å². The van der Waals surface area contributed by atoms with Crippen molar-refractivity contribution >= 4 is 5.57 Å². The molecule has 3 aliphatic carbocycles. The van der Waals surface area contributed by atoms with E-state index in [0.717, 1.165) is 6.42 Å². The first-order valence-corrected chi connectivity index (χ1v) is 13.3. The van der Waals surface area contributed by atoms with Crippen LogP contribution in [0.15, 0.2) is 103 Å². The second-order valence-electron chi connectivity index (χ2n) is 7.25. The predicted molar refractivity (Wildman–Crippen MR) is 153 cm³/mol. The van der Waals surface area contributed by atoms with Crippen LogP contribution in [-0.2, 0) is 5.41 Å². The standard InChI is InChI=1S/C26H18.4C2H6/c1-2-10-18-19-11-4-7-15-23(19)26(22(18)14-3-1)24-16-8-5-12-20(24)21-13-6-9-17-25(21)26;4*1-2/h2-17H,1H2;4*1-2H3. The first-order chi connectivity index (χ1) is 16.9. The maximum atomic E-state index is 2.37. The van der Waals surface area contributed by atoms with E-state index in [1.54, 1.807) is 0 Å². The van der Waals surface area contributed by atoms with Crippen LogP contribution in [0, 0.1) is 0 Å². The minimum Gasteiger partial charge on any atom is -0.0804 e. The number of rotatable bonds is 0. The van der Waals surface area contributed by atoms with Crippen molar-refractivity contribution < 1.29 is 0 Å². The zero-order valence-electron chi connectivity index (χ0n) is 22.4. The van der Waals surface area contributed by atoms with Crippen molar-refractivity contribution in [2.75, 3.05) is 0 Å². The molecule has 0 atom stereocenters. The van der Waals surface area contributed by atoms with E-state index in [0.29, 0.717) is 0 Å². The molecule has 1 spiro atoms. The molecular formula is C34H42. The molecule has 3 aromatic carbocycles. The summed E-state index contributed by atoms with van der Waals surface area (Å²) in [6, 6.07) is 26.9. The summed E-state index contributed by atoms with van der Waals surface area (Å²) < 4.78 is 0. The molecule has 34 heavy (non-hydrogen) atoms. The monoisotopic (exact) mass is 450 g/mol. The van der Waals surface area contributed by atoms with Gasteiger partial charge in [-0.05, 0) is 50.9 Å². The summed E-state index contributed by atoms with van der Waals surface area (Å²) in [6.45, 7) is 16.0. The highest BCUT2D eigenvalue weighted by molar-refractivity contribution is 5.97. The molecule has 0 N–H and O–H groups in total. The fourth-order valence-electron chi connectivity index (χ4n) is 5.20. The number of allylic oxidation sites excluding steroid dienone is 6. The molecule has 0 radical (unpaired) electrons. The molecule has 0 heterocycles. The summed E-state index contributed by atoms with van der Waals surface area (Å²) in [5.74, 6) is 0. The summed E-state index contributed by atoms with van der Waals surface area (Å²) in [5.41, 5.74) is 11.0. The average molecular weight is 451 g/mol. The second kappa shape index (κ2) is 12.9. The first kappa shape index (κ1) is 27.1. The minimum absolute atomic E-state index is 0.190. The quantitative estimate of drug-likeness (QED) is 0.319. The van der Waals surface area contributed by atoms with Gasteiger partial charge in [-0.25, -0.2) is 0 Å². The molecule has 0 aliphatic heterocycles. The molecule has 0 heteroatoms. The van der Waals surface area contributed by atoms with E-state index in [1.165, 1.54) is 44.5 Å². The Bertz CT molecular complexity index is 1110. The van der Waals surface area contributed by atoms with Crippen molar-refractivity contribution in [2.45, 2.75) is 67.2 Å². The Kier molecular flexibility index (Phi) is 10.3. The van der Waals surface area contributed by atoms with Crippen LogP contribution >= 0.6 is 0 Å². The van der Waals surface area contributed by atoms with Crippen molar-refractivity contribution in [1.82, 2.24) is 0 Å². The van der Waals surface area contributed by atoms with Crippen LogP contribution in [0.2, 0.25) is 0 Å². The third-order valence-corrected chi connectivity index (χ3v) is 6.11. The lowest BCUT2D eigenvalue weighted by Gasteiger charge is -2.31. The van der Waals surface area contributed by atoms with Gasteiger partial charge in [-0.15, -0.1) is 0 Å². The second-order valence-corrected chi connectivity index (χ2v) is 7.25. The van der Waals surface area contributed by atoms with Crippen LogP contribution in [0.5, 0.6) is 0 Å². The minimum atomic E-state index is -0.190. The third-order valence-electron chi connectivity index (χ3n) is 6.11. The Morgan fingerprint density at radius 2 is 0.853 bits per heavy atom. The van der Waals surface area contributed by atoms with Crippen molar-refractivity contribution in [3.8, 4) is 11.1 Å². The van der Waals surface area contributed by atoms with Crippen LogP contribution in [-0.4, -0.2) is 0 Å². The van der Waals surface area contributed by atoms with E-state index in [-0.39, 0.29) is 5.41 Å². The van der Waals surface area contributed by atoms with E-state index in [1.807, 2.05) is 55.4 Å². The molecule has 3 aliphatic rings. The molecule has 6 rings (SSSR count). The molecule has 0 saturated heterocycles. The molecule has 0 aromatic heterocycles. The molecular weight excluding hydrogens is 408 g/mol. The van der Waals surface area contributed by atoms with Crippen molar-refractivity contribution in [2.24, 2.45) is 0 Å². The summed E-state index contributed by atoms with van der Waals surface area (Å²) in [4.78, 5) is 0. The van der Waals surface area contributed by atoms with Gasteiger partial charge in [0.2, 0.25) is 0 Å². The molecule has 0 bridgehead atoms. The van der Waals surface area contributed by atoms with E-state index >= 15 is 0 Å². The maximum absolute atomic E-state index is 2.37. The molecule has 0 amide bonds. The van der Waals surface area contributed by atoms with E-state index < -0.39 is 0 Å². The van der Waals surface area contributed by atoms with E-state index in [4.69, 9.17) is 0 Å². The third kappa shape index (κ3) is 4.11. The fraction of sp³-hybridized carbons (Fsp3) is 0.294. The Morgan fingerprint density at radius 1 is 0.471 bits per heavy atom. The molecule has 0 fully saturated rings. The zero-order valence-corrected chi connectivity index (χ0v) is 22.4. The topological polar surface area (TPSA) is 0 Å². The summed E-state index contributed by atoms with van der Waals surface area (Å²) in [6.07, 6.45) is 10.3. The number of fused-ring (bicyclic) bond motifs is 9. The van der Waals surface area contributed by atoms with Gasteiger partial charge in [0.15, 0.2) is 0 Å². The van der Waals surface area contributed by atoms with E-state index in [2.05, 4.69) is 97.1 Å². The largest absolute Gasteiger partial charge is 0.0804 e. The van der Waals surface area contributed by atoms with Crippen molar-refractivity contribution in [1.29, 1.82) is 0 Å². The zero-order chi connectivity index (χ0) is 25.1. The SMILES string of the molecule is C1=CC2=C(C=CC1)C1(c3ccccc32)c2ccccc2-c2ccccc21.CC.CC.CC.CC. The number of benzene rings is 3. The van der Waals surface area contributed by atoms with Crippen LogP contribution < -0.4 is 0 Å². The average Bonchev–Trinajstić information content (AvgIpc) is 3.25. The summed E-state index contributed by atoms with van der Waals surface area (Å²) in [5, 5.41) is 0. The van der Waals surface area contributed by atoms with Gasteiger partial charge in [0.1, 0.15) is 0 Å². The van der Waals surface area contributed by atoms with Gasteiger partial charge in [-0.2, -0.15) is 0 Å². The van der Waals surface area contributed by atoms with Gasteiger partial charge < -0.3 is 0 Å². The molecule has 3 aromatic rings. The van der Waals surface area contributed by atoms with Gasteiger partial charge in [0.05, 0.1) is 5.41 Å². The Hall–Kier alpha value is -3.12. The van der Waals surface area contributed by atoms with Crippen molar-refractivity contribution in [3.63, 3.8) is 0 Å². The Morgan fingerprint density at radius 3 is 1.35 bits per heavy atom. The molecule has 0 nitrogen and oxygen atoms in total. The number of hydrogen-bond donors (Lipinski definition) is 0. The lowest BCUT2D eigenvalue weighted by molar-refractivity contribution is 0.786. The smallest absolute Gasteiger partial charge is 0.0725 e. The van der Waals surface area contributed by atoms with Crippen LogP contribution in [0.3, 0.4) is 0 Å². The summed E-state index contributed by atoms with van der Waals surface area (Å²) >= 11 is 0. The van der Waals surface area contributed by atoms with Crippen LogP contribution in [0.1, 0.15) is 84.1 Å². The highest BCUT2D eigenvalue weighted by atomic mass is 14.5. The Labute approximate surface area is 208 Å². The maximum Gasteiger partial charge on any atom is 0.0725 e. The number of hydrogen-bond acceptors (Lipinski definition) is 0. The molecule has 0 unspecified atom stereocenters. The molecule has 178 valence electrons. The summed E-state index contributed by atoms with van der Waals surface area (Å²) in [7, 11) is 0. The van der Waals surface area contributed by atoms with Gasteiger partial charge in [-0.3, -0.25) is 0 Å². The Balaban J connectivity index is 0.000000467. The lowest BCUT2D eigenvalue weighted by atomic mass is 9.69. The predicted octanol–water partition coefficient (Wildman–Crippen LogP) is 10.4. The highest BCUT2D eigenvalue weighted by Crippen LogP contribution is 2.62. The van der Waals surface area contributed by atoms with Crippen LogP contribution in [0.25, 0.3) is 16.7 Å². The van der Waals surface area contributed by atoms with Crippen LogP contribution in [0.4, 0.5) is 0 Å². The van der Waals surface area contributed by atoms with Gasteiger partial charge in [-0.1, -0.05) is 152 Å². The highest BCUT2D eigenvalue weighted by Gasteiger charge is 2.51. The van der Waals surface area contributed by atoms with E-state index in [9.17, 15) is 0 Å². The normalized spacial score (nSPS) is 14.2. The first-order valence-electron chi connectivity index (χ1n) is 13.3. The fourth-order valence-corrected chi connectivity index (χ4v) is 5.20. The lowest BCUT2D eigenvalue weighted by Crippen LogP contribution is -2.26. The van der Waals surface area contributed by atoms with Crippen molar-refractivity contribution in [3.05, 3.63) is 125 Å².